The smallest absolute Gasteiger partial charge is 0.494 e. The fourth-order valence-corrected chi connectivity index (χ4v) is 3.08. The second kappa shape index (κ2) is 9.29. The molecule has 2 amide bonds. The van der Waals surface area contributed by atoms with E-state index in [1.54, 1.807) is 12.1 Å². The van der Waals surface area contributed by atoms with Crippen molar-refractivity contribution in [3.8, 4) is 5.75 Å². The fourth-order valence-electron chi connectivity index (χ4n) is 2.89. The molecule has 0 spiro atoms. The molecule has 8 heteroatoms. The van der Waals surface area contributed by atoms with Crippen molar-refractivity contribution in [2.24, 2.45) is 0 Å². The number of amides is 2. The third kappa shape index (κ3) is 5.48. The summed E-state index contributed by atoms with van der Waals surface area (Å²) in [6, 6.07) is 14.5. The SMILES string of the molecule is CC1(C)OB(c2ccc(OCCCNC(=O)Nc3ccccc3Cl)cc2)OC1(C)C. The largest absolute Gasteiger partial charge is 0.494 e. The first-order chi connectivity index (χ1) is 14.2. The lowest BCUT2D eigenvalue weighted by Gasteiger charge is -2.32. The molecule has 3 rings (SSSR count). The second-order valence-corrected chi connectivity index (χ2v) is 8.63. The molecule has 0 radical (unpaired) electrons. The van der Waals surface area contributed by atoms with Crippen molar-refractivity contribution in [1.82, 2.24) is 5.32 Å². The van der Waals surface area contributed by atoms with Crippen LogP contribution in [-0.4, -0.2) is 37.5 Å². The highest BCUT2D eigenvalue weighted by atomic mass is 35.5. The van der Waals surface area contributed by atoms with Crippen LogP contribution in [0, 0.1) is 0 Å². The Morgan fingerprint density at radius 3 is 2.30 bits per heavy atom. The van der Waals surface area contributed by atoms with E-state index in [9.17, 15) is 4.79 Å². The van der Waals surface area contributed by atoms with Gasteiger partial charge in [0.1, 0.15) is 5.75 Å². The number of benzene rings is 2. The van der Waals surface area contributed by atoms with Crippen molar-refractivity contribution in [3.63, 3.8) is 0 Å². The van der Waals surface area contributed by atoms with Gasteiger partial charge in [0.05, 0.1) is 28.5 Å². The van der Waals surface area contributed by atoms with E-state index in [0.29, 0.717) is 30.3 Å². The van der Waals surface area contributed by atoms with Crippen molar-refractivity contribution in [1.29, 1.82) is 0 Å². The fraction of sp³-hybridized carbons (Fsp3) is 0.409. The molecule has 1 aliphatic heterocycles. The Kier molecular flexibility index (Phi) is 6.96. The molecule has 0 saturated carbocycles. The number of carbonyl (C=O) groups excluding carboxylic acids is 1. The van der Waals surface area contributed by atoms with E-state index < -0.39 is 0 Å². The topological polar surface area (TPSA) is 68.8 Å². The van der Waals surface area contributed by atoms with Crippen LogP contribution in [0.2, 0.25) is 5.02 Å². The van der Waals surface area contributed by atoms with Crippen LogP contribution >= 0.6 is 11.6 Å². The van der Waals surface area contributed by atoms with Crippen LogP contribution < -0.4 is 20.8 Å². The molecule has 6 nitrogen and oxygen atoms in total. The maximum Gasteiger partial charge on any atom is 0.494 e. The Hall–Kier alpha value is -2.22. The van der Waals surface area contributed by atoms with Crippen molar-refractivity contribution < 1.29 is 18.8 Å². The van der Waals surface area contributed by atoms with Gasteiger partial charge in [-0.1, -0.05) is 35.9 Å². The summed E-state index contributed by atoms with van der Waals surface area (Å²) in [5, 5.41) is 6.00. The zero-order chi connectivity index (χ0) is 21.8. The highest BCUT2D eigenvalue weighted by Crippen LogP contribution is 2.36. The number of halogens is 1. The van der Waals surface area contributed by atoms with E-state index in [0.717, 1.165) is 11.2 Å². The number of anilines is 1. The van der Waals surface area contributed by atoms with Crippen LogP contribution in [-0.2, 0) is 9.31 Å². The van der Waals surface area contributed by atoms with Crippen LogP contribution in [0.5, 0.6) is 5.75 Å². The van der Waals surface area contributed by atoms with Gasteiger partial charge >= 0.3 is 13.1 Å². The molecule has 0 atom stereocenters. The molecule has 2 aromatic rings. The van der Waals surface area contributed by atoms with Gasteiger partial charge in [-0.2, -0.15) is 0 Å². The number of hydrogen-bond donors (Lipinski definition) is 2. The molecule has 1 saturated heterocycles. The van der Waals surface area contributed by atoms with Crippen LogP contribution in [0.3, 0.4) is 0 Å². The van der Waals surface area contributed by atoms with Gasteiger partial charge in [0.25, 0.3) is 0 Å². The highest BCUT2D eigenvalue weighted by molar-refractivity contribution is 6.62. The summed E-state index contributed by atoms with van der Waals surface area (Å²) in [7, 11) is -0.384. The average molecular weight is 431 g/mol. The Balaban J connectivity index is 1.38. The predicted molar refractivity (Wildman–Crippen MR) is 121 cm³/mol. The number of urea groups is 1. The molecule has 2 N–H and O–H groups in total. The Bertz CT molecular complexity index is 858. The van der Waals surface area contributed by atoms with E-state index in [1.165, 1.54) is 0 Å². The van der Waals surface area contributed by atoms with E-state index in [2.05, 4.69) is 10.6 Å². The lowest BCUT2D eigenvalue weighted by atomic mass is 9.79. The van der Waals surface area contributed by atoms with E-state index in [-0.39, 0.29) is 24.4 Å². The summed E-state index contributed by atoms with van der Waals surface area (Å²) in [5.74, 6) is 0.760. The minimum absolute atomic E-state index is 0.296. The van der Waals surface area contributed by atoms with Gasteiger partial charge in [-0.05, 0) is 63.8 Å². The lowest BCUT2D eigenvalue weighted by Crippen LogP contribution is -2.41. The molecule has 1 aliphatic rings. The van der Waals surface area contributed by atoms with Gasteiger partial charge in [-0.25, -0.2) is 4.79 Å². The molecule has 1 heterocycles. The van der Waals surface area contributed by atoms with E-state index in [4.69, 9.17) is 25.6 Å². The number of para-hydroxylation sites is 1. The Morgan fingerprint density at radius 1 is 1.03 bits per heavy atom. The first kappa shape index (κ1) is 22.5. The number of ether oxygens (including phenoxy) is 1. The van der Waals surface area contributed by atoms with Gasteiger partial charge in [0.15, 0.2) is 0 Å². The Morgan fingerprint density at radius 2 is 1.67 bits per heavy atom. The van der Waals surface area contributed by atoms with Crippen LogP contribution in [0.1, 0.15) is 34.1 Å². The number of nitrogens with one attached hydrogen (secondary N) is 2. The summed E-state index contributed by atoms with van der Waals surface area (Å²) < 4.78 is 17.9. The van der Waals surface area contributed by atoms with Crippen LogP contribution in [0.25, 0.3) is 0 Å². The van der Waals surface area contributed by atoms with Gasteiger partial charge in [-0.3, -0.25) is 0 Å². The molecular weight excluding hydrogens is 403 g/mol. The molecular formula is C22H28BClN2O4. The normalized spacial score (nSPS) is 16.9. The maximum absolute atomic E-state index is 11.9. The summed E-state index contributed by atoms with van der Waals surface area (Å²) in [5.41, 5.74) is 0.810. The van der Waals surface area contributed by atoms with Crippen molar-refractivity contribution in [2.45, 2.75) is 45.3 Å². The van der Waals surface area contributed by atoms with Gasteiger partial charge < -0.3 is 24.7 Å². The molecule has 0 bridgehead atoms. The molecule has 2 aromatic carbocycles. The number of hydrogen-bond acceptors (Lipinski definition) is 4. The zero-order valence-electron chi connectivity index (χ0n) is 17.8. The predicted octanol–water partition coefficient (Wildman–Crippen LogP) is 4.23. The molecule has 0 aromatic heterocycles. The standard InChI is InChI=1S/C22H28BClN2O4/c1-21(2)22(3,4)30-23(29-21)16-10-12-17(13-11-16)28-15-7-14-25-20(27)26-19-9-6-5-8-18(19)24/h5-6,8-13H,7,14-15H2,1-4H3,(H2,25,26,27). The van der Waals surface area contributed by atoms with Crippen LogP contribution in [0.4, 0.5) is 10.5 Å². The van der Waals surface area contributed by atoms with Gasteiger partial charge in [-0.15, -0.1) is 0 Å². The van der Waals surface area contributed by atoms with Crippen molar-refractivity contribution in [2.75, 3.05) is 18.5 Å². The molecule has 0 aliphatic carbocycles. The summed E-state index contributed by atoms with van der Waals surface area (Å²) >= 11 is 6.02. The maximum atomic E-state index is 11.9. The summed E-state index contributed by atoms with van der Waals surface area (Å²) in [4.78, 5) is 11.9. The zero-order valence-corrected chi connectivity index (χ0v) is 18.6. The van der Waals surface area contributed by atoms with Crippen molar-refractivity contribution in [3.05, 3.63) is 53.6 Å². The quantitative estimate of drug-likeness (QED) is 0.509. The summed E-state index contributed by atoms with van der Waals surface area (Å²) in [6.07, 6.45) is 0.676. The van der Waals surface area contributed by atoms with E-state index >= 15 is 0 Å². The van der Waals surface area contributed by atoms with Crippen LogP contribution in [0.15, 0.2) is 48.5 Å². The number of carbonyl (C=O) groups is 1. The van der Waals surface area contributed by atoms with Gasteiger partial charge in [0.2, 0.25) is 0 Å². The molecule has 0 unspecified atom stereocenters. The average Bonchev–Trinajstić information content (AvgIpc) is 2.91. The molecule has 160 valence electrons. The highest BCUT2D eigenvalue weighted by Gasteiger charge is 2.51. The van der Waals surface area contributed by atoms with E-state index in [1.807, 2.05) is 64.1 Å². The monoisotopic (exact) mass is 430 g/mol. The Labute approximate surface area is 183 Å². The first-order valence-electron chi connectivity index (χ1n) is 10.1. The second-order valence-electron chi connectivity index (χ2n) is 8.22. The minimum atomic E-state index is -0.384. The first-order valence-corrected chi connectivity index (χ1v) is 10.4. The third-order valence-electron chi connectivity index (χ3n) is 5.40. The molecule has 1 fully saturated rings. The minimum Gasteiger partial charge on any atom is -0.494 e. The number of rotatable bonds is 7. The van der Waals surface area contributed by atoms with Crippen molar-refractivity contribution >= 4 is 35.9 Å². The summed E-state index contributed by atoms with van der Waals surface area (Å²) in [6.45, 7) is 9.12. The van der Waals surface area contributed by atoms with Gasteiger partial charge in [0, 0.05) is 6.54 Å². The molecule has 30 heavy (non-hydrogen) atoms. The third-order valence-corrected chi connectivity index (χ3v) is 5.73. The lowest BCUT2D eigenvalue weighted by molar-refractivity contribution is 0.00578.